The van der Waals surface area contributed by atoms with Gasteiger partial charge in [-0.25, -0.2) is 0 Å². The minimum absolute atomic E-state index is 0.148. The van der Waals surface area contributed by atoms with Crippen LogP contribution in [0.15, 0.2) is 24.3 Å². The van der Waals surface area contributed by atoms with Crippen LogP contribution in [0.4, 0.5) is 5.69 Å². The van der Waals surface area contributed by atoms with Gasteiger partial charge in [0.15, 0.2) is 6.54 Å². The molecule has 5 nitrogen and oxygen atoms in total. The number of phenols is 1. The maximum atomic E-state index is 11.8. The van der Waals surface area contributed by atoms with E-state index in [0.717, 1.165) is 51.3 Å². The zero-order valence-corrected chi connectivity index (χ0v) is 12.8. The number of carbonyl (C=O) groups excluding carboxylic acids is 1. The largest absolute Gasteiger partial charge is 0.506 e. The molecule has 5 heteroatoms. The number of nitrogens with one attached hydrogen (secondary N) is 2. The van der Waals surface area contributed by atoms with E-state index in [9.17, 15) is 9.90 Å². The van der Waals surface area contributed by atoms with Crippen LogP contribution in [0.3, 0.4) is 0 Å². The summed E-state index contributed by atoms with van der Waals surface area (Å²) in [5.41, 5.74) is 0.893. The molecule has 2 rings (SSSR count). The van der Waals surface area contributed by atoms with Crippen molar-refractivity contribution in [1.82, 2.24) is 5.32 Å². The summed E-state index contributed by atoms with van der Waals surface area (Å²) in [6.45, 7) is 7.05. The topological polar surface area (TPSA) is 57.0 Å². The maximum absolute atomic E-state index is 11.8. The number of benzene rings is 1. The third-order valence-corrected chi connectivity index (χ3v) is 3.96. The summed E-state index contributed by atoms with van der Waals surface area (Å²) in [7, 11) is 0. The Morgan fingerprint density at radius 1 is 1.33 bits per heavy atom. The molecular formula is C16H26N3O2+. The Labute approximate surface area is 126 Å². The first-order valence-electron chi connectivity index (χ1n) is 7.84. The molecule has 1 aliphatic rings. The second kappa shape index (κ2) is 7.88. The molecule has 21 heavy (non-hydrogen) atoms. The standard InChI is InChI=1S/C16H25N3O2/c1-2-3-8-17-16(21)13-18-9-11-19(12-10-18)14-6-4-5-7-15(14)20/h4-7,20H,2-3,8-13H2,1H3,(H,17,21)/p+1. The van der Waals surface area contributed by atoms with Gasteiger partial charge in [0, 0.05) is 6.54 Å². The molecule has 0 aliphatic carbocycles. The lowest BCUT2D eigenvalue weighted by Crippen LogP contribution is -3.15. The van der Waals surface area contributed by atoms with Crippen LogP contribution in [0, 0.1) is 0 Å². The van der Waals surface area contributed by atoms with Gasteiger partial charge in [0.2, 0.25) is 0 Å². The Kier molecular flexibility index (Phi) is 5.87. The van der Waals surface area contributed by atoms with Crippen molar-refractivity contribution in [2.75, 3.05) is 44.2 Å². The van der Waals surface area contributed by atoms with Gasteiger partial charge in [-0.2, -0.15) is 0 Å². The molecule has 1 saturated heterocycles. The van der Waals surface area contributed by atoms with E-state index >= 15 is 0 Å². The number of carbonyl (C=O) groups is 1. The van der Waals surface area contributed by atoms with Crippen LogP contribution in [-0.2, 0) is 4.79 Å². The van der Waals surface area contributed by atoms with Crippen molar-refractivity contribution in [2.24, 2.45) is 0 Å². The fraction of sp³-hybridized carbons (Fsp3) is 0.562. The van der Waals surface area contributed by atoms with Crippen molar-refractivity contribution in [1.29, 1.82) is 0 Å². The average molecular weight is 292 g/mol. The molecule has 1 amide bonds. The predicted octanol–water partition coefficient (Wildman–Crippen LogP) is 0.0134. The van der Waals surface area contributed by atoms with Crippen LogP contribution in [-0.4, -0.2) is 50.3 Å². The number of anilines is 1. The number of rotatable bonds is 6. The summed E-state index contributed by atoms with van der Waals surface area (Å²) >= 11 is 0. The molecule has 0 radical (unpaired) electrons. The Morgan fingerprint density at radius 3 is 2.71 bits per heavy atom. The summed E-state index contributed by atoms with van der Waals surface area (Å²) in [5, 5.41) is 12.9. The predicted molar refractivity (Wildman–Crippen MR) is 83.8 cm³/mol. The number of quaternary nitrogens is 1. The second-order valence-electron chi connectivity index (χ2n) is 5.61. The van der Waals surface area contributed by atoms with Gasteiger partial charge >= 0.3 is 0 Å². The smallest absolute Gasteiger partial charge is 0.275 e. The summed E-state index contributed by atoms with van der Waals surface area (Å²) in [5.74, 6) is 0.479. The van der Waals surface area contributed by atoms with Gasteiger partial charge in [-0.1, -0.05) is 25.5 Å². The van der Waals surface area contributed by atoms with E-state index in [0.29, 0.717) is 12.3 Å². The quantitative estimate of drug-likeness (QED) is 0.648. The highest BCUT2D eigenvalue weighted by Gasteiger charge is 2.23. The van der Waals surface area contributed by atoms with E-state index in [2.05, 4.69) is 17.1 Å². The fourth-order valence-electron chi connectivity index (χ4n) is 2.67. The van der Waals surface area contributed by atoms with Gasteiger partial charge in [0.05, 0.1) is 31.9 Å². The first kappa shape index (κ1) is 15.6. The number of hydrogen-bond acceptors (Lipinski definition) is 3. The number of nitrogens with zero attached hydrogens (tertiary/aromatic N) is 1. The molecule has 1 aromatic carbocycles. The van der Waals surface area contributed by atoms with E-state index in [1.54, 1.807) is 6.07 Å². The summed E-state index contributed by atoms with van der Waals surface area (Å²) in [4.78, 5) is 15.3. The highest BCUT2D eigenvalue weighted by Crippen LogP contribution is 2.25. The van der Waals surface area contributed by atoms with Crippen LogP contribution >= 0.6 is 0 Å². The van der Waals surface area contributed by atoms with E-state index in [-0.39, 0.29) is 5.91 Å². The molecule has 0 bridgehead atoms. The summed E-state index contributed by atoms with van der Waals surface area (Å²) in [6, 6.07) is 7.43. The number of aromatic hydroxyl groups is 1. The molecule has 1 fully saturated rings. The molecule has 1 aromatic rings. The van der Waals surface area contributed by atoms with Gasteiger partial charge < -0.3 is 20.2 Å². The van der Waals surface area contributed by atoms with E-state index in [1.165, 1.54) is 4.90 Å². The molecule has 1 heterocycles. The molecular weight excluding hydrogens is 266 g/mol. The zero-order chi connectivity index (χ0) is 15.1. The van der Waals surface area contributed by atoms with Crippen LogP contribution in [0.5, 0.6) is 5.75 Å². The SMILES string of the molecule is CCCCNC(=O)C[NH+]1CCN(c2ccccc2O)CC1. The van der Waals surface area contributed by atoms with E-state index < -0.39 is 0 Å². The van der Waals surface area contributed by atoms with Gasteiger partial charge in [-0.15, -0.1) is 0 Å². The number of para-hydroxylation sites is 2. The minimum Gasteiger partial charge on any atom is -0.506 e. The van der Waals surface area contributed by atoms with Crippen molar-refractivity contribution >= 4 is 11.6 Å². The third-order valence-electron chi connectivity index (χ3n) is 3.96. The fourth-order valence-corrected chi connectivity index (χ4v) is 2.67. The van der Waals surface area contributed by atoms with E-state index in [4.69, 9.17) is 0 Å². The Bertz CT molecular complexity index is 457. The zero-order valence-electron chi connectivity index (χ0n) is 12.8. The van der Waals surface area contributed by atoms with Gasteiger partial charge in [-0.05, 0) is 18.6 Å². The lowest BCUT2D eigenvalue weighted by atomic mass is 10.2. The lowest BCUT2D eigenvalue weighted by Gasteiger charge is -2.33. The molecule has 0 unspecified atom stereocenters. The highest BCUT2D eigenvalue weighted by atomic mass is 16.3. The molecule has 1 aliphatic heterocycles. The lowest BCUT2D eigenvalue weighted by molar-refractivity contribution is -0.892. The van der Waals surface area contributed by atoms with Crippen molar-refractivity contribution in [3.05, 3.63) is 24.3 Å². The average Bonchev–Trinajstić information content (AvgIpc) is 2.49. The van der Waals surface area contributed by atoms with Crippen LogP contribution in [0.2, 0.25) is 0 Å². The van der Waals surface area contributed by atoms with Crippen molar-refractivity contribution in [3.63, 3.8) is 0 Å². The molecule has 0 atom stereocenters. The second-order valence-corrected chi connectivity index (χ2v) is 5.61. The normalized spacial score (nSPS) is 16.0. The summed E-state index contributed by atoms with van der Waals surface area (Å²) in [6.07, 6.45) is 2.15. The number of hydrogen-bond donors (Lipinski definition) is 3. The van der Waals surface area contributed by atoms with Crippen molar-refractivity contribution in [3.8, 4) is 5.75 Å². The monoisotopic (exact) mass is 292 g/mol. The maximum Gasteiger partial charge on any atom is 0.275 e. The molecule has 116 valence electrons. The molecule has 0 aromatic heterocycles. The Balaban J connectivity index is 1.76. The Hall–Kier alpha value is -1.75. The number of phenolic OH excluding ortho intramolecular Hbond substituents is 1. The molecule has 3 N–H and O–H groups in total. The first-order chi connectivity index (χ1) is 10.2. The first-order valence-corrected chi connectivity index (χ1v) is 7.84. The Morgan fingerprint density at radius 2 is 2.05 bits per heavy atom. The number of piperazine rings is 1. The highest BCUT2D eigenvalue weighted by molar-refractivity contribution is 5.76. The van der Waals surface area contributed by atoms with Gasteiger partial charge in [0.25, 0.3) is 5.91 Å². The van der Waals surface area contributed by atoms with Gasteiger partial charge in [-0.3, -0.25) is 4.79 Å². The molecule has 0 spiro atoms. The number of amides is 1. The van der Waals surface area contributed by atoms with Crippen molar-refractivity contribution < 1.29 is 14.8 Å². The van der Waals surface area contributed by atoms with Crippen LogP contribution in [0.1, 0.15) is 19.8 Å². The minimum atomic E-state index is 0.148. The van der Waals surface area contributed by atoms with Crippen LogP contribution < -0.4 is 15.1 Å². The van der Waals surface area contributed by atoms with Crippen molar-refractivity contribution in [2.45, 2.75) is 19.8 Å². The van der Waals surface area contributed by atoms with E-state index in [1.807, 2.05) is 18.2 Å². The van der Waals surface area contributed by atoms with Crippen LogP contribution in [0.25, 0.3) is 0 Å². The van der Waals surface area contributed by atoms with Gasteiger partial charge in [0.1, 0.15) is 5.75 Å². The number of unbranched alkanes of at least 4 members (excludes halogenated alkanes) is 1. The molecule has 0 saturated carbocycles. The third kappa shape index (κ3) is 4.63. The summed E-state index contributed by atoms with van der Waals surface area (Å²) < 4.78 is 0.